The van der Waals surface area contributed by atoms with Crippen molar-refractivity contribution in [1.82, 2.24) is 4.90 Å². The van der Waals surface area contributed by atoms with Crippen molar-refractivity contribution in [2.24, 2.45) is 0 Å². The minimum absolute atomic E-state index is 0.230. The molecule has 2 aliphatic heterocycles. The smallest absolute Gasteiger partial charge is 0.444 e. The highest BCUT2D eigenvalue weighted by Gasteiger charge is 2.53. The van der Waals surface area contributed by atoms with Gasteiger partial charge >= 0.3 is 13.2 Å². The fraction of sp³-hybridized carbons (Fsp3) is 0.833. The van der Waals surface area contributed by atoms with Crippen molar-refractivity contribution in [2.45, 2.75) is 78.3 Å². The van der Waals surface area contributed by atoms with E-state index in [2.05, 4.69) is 0 Å². The fourth-order valence-corrected chi connectivity index (χ4v) is 2.69. The first-order valence-corrected chi connectivity index (χ1v) is 9.05. The molecule has 0 bridgehead atoms. The maximum absolute atomic E-state index is 15.0. The van der Waals surface area contributed by atoms with Crippen LogP contribution in [0.1, 0.15) is 55.4 Å². The number of ether oxygens (including phenoxy) is 2. The minimum Gasteiger partial charge on any atom is -0.444 e. The Labute approximate surface area is 156 Å². The van der Waals surface area contributed by atoms with Crippen molar-refractivity contribution in [2.75, 3.05) is 19.7 Å². The Hall–Kier alpha value is -1.12. The molecule has 2 fully saturated rings. The Morgan fingerprint density at radius 1 is 1.19 bits per heavy atom. The van der Waals surface area contributed by atoms with Gasteiger partial charge in [-0.05, 0) is 61.0 Å². The van der Waals surface area contributed by atoms with E-state index in [4.69, 9.17) is 18.8 Å². The number of carbonyl (C=O) groups is 1. The Kier molecular flexibility index (Phi) is 5.81. The highest BCUT2D eigenvalue weighted by molar-refractivity contribution is 6.53. The highest BCUT2D eigenvalue weighted by atomic mass is 19.1. The average molecular weight is 371 g/mol. The van der Waals surface area contributed by atoms with Crippen LogP contribution in [0.5, 0.6) is 0 Å². The van der Waals surface area contributed by atoms with Gasteiger partial charge in [-0.25, -0.2) is 9.18 Å². The molecule has 148 valence electrons. The average Bonchev–Trinajstić information content (AvgIpc) is 2.72. The van der Waals surface area contributed by atoms with Crippen LogP contribution in [-0.2, 0) is 18.8 Å². The van der Waals surface area contributed by atoms with Gasteiger partial charge in [-0.2, -0.15) is 0 Å². The molecule has 0 aromatic rings. The van der Waals surface area contributed by atoms with Crippen LogP contribution < -0.4 is 0 Å². The number of rotatable bonds is 2. The van der Waals surface area contributed by atoms with Crippen LogP contribution in [0.4, 0.5) is 9.18 Å². The van der Waals surface area contributed by atoms with Crippen LogP contribution in [0.2, 0.25) is 0 Å². The second kappa shape index (κ2) is 7.13. The highest BCUT2D eigenvalue weighted by Crippen LogP contribution is 2.39. The van der Waals surface area contributed by atoms with Crippen LogP contribution in [0.25, 0.3) is 0 Å². The van der Waals surface area contributed by atoms with Crippen LogP contribution in [0.3, 0.4) is 0 Å². The van der Waals surface area contributed by atoms with Crippen LogP contribution in [0.15, 0.2) is 11.3 Å². The zero-order chi connectivity index (χ0) is 19.9. The lowest BCUT2D eigenvalue weighted by Gasteiger charge is -2.34. The van der Waals surface area contributed by atoms with E-state index in [0.717, 1.165) is 0 Å². The molecule has 1 unspecified atom stereocenters. The largest absolute Gasteiger partial charge is 0.525 e. The van der Waals surface area contributed by atoms with Gasteiger partial charge in [0.25, 0.3) is 0 Å². The normalized spacial score (nSPS) is 26.6. The van der Waals surface area contributed by atoms with Gasteiger partial charge in [-0.15, -0.1) is 0 Å². The summed E-state index contributed by atoms with van der Waals surface area (Å²) in [4.78, 5) is 13.8. The van der Waals surface area contributed by atoms with Crippen LogP contribution >= 0.6 is 0 Å². The lowest BCUT2D eigenvalue weighted by atomic mass is 9.83. The summed E-state index contributed by atoms with van der Waals surface area (Å²) < 4.78 is 37.6. The summed E-state index contributed by atoms with van der Waals surface area (Å²) in [5, 5.41) is 0. The fourth-order valence-electron chi connectivity index (χ4n) is 2.69. The van der Waals surface area contributed by atoms with E-state index in [9.17, 15) is 9.18 Å². The Balaban J connectivity index is 2.09. The SMILES string of the molecule is CC(=C(F)B1OC(C)(C)C(C)(C)O1)C1CN(C(=O)OC(C)(C)C)CCO1. The third-order valence-electron chi connectivity index (χ3n) is 5.04. The zero-order valence-corrected chi connectivity index (χ0v) is 17.1. The number of nitrogens with zero attached hydrogens (tertiary/aromatic N) is 1. The predicted octanol–water partition coefficient (Wildman–Crippen LogP) is 3.50. The number of hydrogen-bond donors (Lipinski definition) is 0. The molecule has 0 aromatic heterocycles. The molecule has 8 heteroatoms. The lowest BCUT2D eigenvalue weighted by molar-refractivity contribution is -0.0302. The Morgan fingerprint density at radius 2 is 1.73 bits per heavy atom. The molecule has 0 saturated carbocycles. The first-order valence-electron chi connectivity index (χ1n) is 9.05. The van der Waals surface area contributed by atoms with Gasteiger partial charge in [0, 0.05) is 6.54 Å². The molecular weight excluding hydrogens is 340 g/mol. The summed E-state index contributed by atoms with van der Waals surface area (Å²) >= 11 is 0. The second-order valence-corrected chi connectivity index (χ2v) is 8.90. The molecule has 2 heterocycles. The number of carbonyl (C=O) groups excluding carboxylic acids is 1. The standard InChI is InChI=1S/C18H31BFNO5/c1-12(14(20)19-25-17(5,6)18(7,8)26-19)13-11-21(9-10-23-13)15(22)24-16(2,3)4/h13H,9-11H2,1-8H3. The maximum atomic E-state index is 15.0. The molecule has 1 atom stereocenters. The number of morpholine rings is 1. The van der Waals surface area contributed by atoms with Crippen molar-refractivity contribution in [1.29, 1.82) is 0 Å². The molecule has 0 spiro atoms. The van der Waals surface area contributed by atoms with Gasteiger partial charge in [0.1, 0.15) is 11.3 Å². The molecule has 2 rings (SSSR count). The van der Waals surface area contributed by atoms with Crippen LogP contribution in [0, 0.1) is 0 Å². The third-order valence-corrected chi connectivity index (χ3v) is 5.04. The van der Waals surface area contributed by atoms with E-state index in [1.54, 1.807) is 11.8 Å². The molecule has 0 N–H and O–H groups in total. The van der Waals surface area contributed by atoms with Gasteiger partial charge < -0.3 is 23.7 Å². The Bertz CT molecular complexity index is 569. The maximum Gasteiger partial charge on any atom is 0.525 e. The molecule has 1 amide bonds. The molecule has 0 aromatic carbocycles. The summed E-state index contributed by atoms with van der Waals surface area (Å²) in [5.74, 6) is 0. The molecule has 2 saturated heterocycles. The van der Waals surface area contributed by atoms with Crippen molar-refractivity contribution < 1.29 is 28.0 Å². The summed E-state index contributed by atoms with van der Waals surface area (Å²) in [6.07, 6.45) is -0.982. The van der Waals surface area contributed by atoms with Gasteiger partial charge in [-0.1, -0.05) is 0 Å². The van der Waals surface area contributed by atoms with E-state index in [-0.39, 0.29) is 6.54 Å². The molecule has 0 aliphatic carbocycles. The quantitative estimate of drug-likeness (QED) is 0.696. The molecule has 0 radical (unpaired) electrons. The molecular formula is C18H31BFNO5. The summed E-state index contributed by atoms with van der Waals surface area (Å²) in [6, 6.07) is 0. The lowest BCUT2D eigenvalue weighted by Crippen LogP contribution is -2.48. The summed E-state index contributed by atoms with van der Waals surface area (Å²) in [7, 11) is -1.07. The van der Waals surface area contributed by atoms with E-state index >= 15 is 0 Å². The summed E-state index contributed by atoms with van der Waals surface area (Å²) in [5.41, 5.74) is -1.95. The van der Waals surface area contributed by atoms with Crippen molar-refractivity contribution >= 4 is 13.2 Å². The van der Waals surface area contributed by atoms with Gasteiger partial charge in [-0.3, -0.25) is 0 Å². The number of amides is 1. The number of hydrogen-bond acceptors (Lipinski definition) is 5. The zero-order valence-electron chi connectivity index (χ0n) is 17.1. The minimum atomic E-state index is -1.07. The van der Waals surface area contributed by atoms with E-state index < -0.39 is 41.8 Å². The van der Waals surface area contributed by atoms with E-state index in [1.165, 1.54) is 0 Å². The third kappa shape index (κ3) is 4.59. The van der Waals surface area contributed by atoms with Crippen molar-refractivity contribution in [3.63, 3.8) is 0 Å². The van der Waals surface area contributed by atoms with Gasteiger partial charge in [0.2, 0.25) is 0 Å². The summed E-state index contributed by atoms with van der Waals surface area (Å²) in [6.45, 7) is 15.5. The van der Waals surface area contributed by atoms with Gasteiger partial charge in [0.05, 0.1) is 30.5 Å². The number of halogens is 1. The van der Waals surface area contributed by atoms with E-state index in [1.807, 2.05) is 48.5 Å². The predicted molar refractivity (Wildman–Crippen MR) is 97.4 cm³/mol. The topological polar surface area (TPSA) is 57.2 Å². The first-order chi connectivity index (χ1) is 11.7. The monoisotopic (exact) mass is 371 g/mol. The van der Waals surface area contributed by atoms with Crippen molar-refractivity contribution in [3.8, 4) is 0 Å². The van der Waals surface area contributed by atoms with Gasteiger partial charge in [0.15, 0.2) is 0 Å². The molecule has 6 nitrogen and oxygen atoms in total. The van der Waals surface area contributed by atoms with E-state index in [0.29, 0.717) is 18.7 Å². The Morgan fingerprint density at radius 3 is 2.23 bits per heavy atom. The molecule has 26 heavy (non-hydrogen) atoms. The second-order valence-electron chi connectivity index (χ2n) is 8.90. The van der Waals surface area contributed by atoms with Crippen molar-refractivity contribution in [3.05, 3.63) is 11.3 Å². The first kappa shape index (κ1) is 21.2. The van der Waals surface area contributed by atoms with Crippen LogP contribution in [-0.4, -0.2) is 60.7 Å². The molecule has 2 aliphatic rings.